The van der Waals surface area contributed by atoms with Crippen LogP contribution in [0.25, 0.3) is 11.4 Å². The number of nitrogens with zero attached hydrogens (tertiary/aromatic N) is 3. The average Bonchev–Trinajstić information content (AvgIpc) is 3.13. The van der Waals surface area contributed by atoms with E-state index < -0.39 is 11.7 Å². The minimum Gasteiger partial charge on any atom is -0.283 e. The first-order valence-corrected chi connectivity index (χ1v) is 6.71. The van der Waals surface area contributed by atoms with Gasteiger partial charge in [0.2, 0.25) is 0 Å². The number of aromatic amines is 1. The van der Waals surface area contributed by atoms with E-state index in [0.717, 1.165) is 5.56 Å². The predicted octanol–water partition coefficient (Wildman–Crippen LogP) is 2.33. The Morgan fingerprint density at radius 2 is 1.64 bits per heavy atom. The Hall–Kier alpha value is -3.28. The molecule has 0 bridgehead atoms. The highest BCUT2D eigenvalue weighted by Gasteiger charge is 2.38. The third kappa shape index (κ3) is 1.74. The van der Waals surface area contributed by atoms with Gasteiger partial charge in [-0.1, -0.05) is 42.5 Å². The Kier molecular flexibility index (Phi) is 2.62. The normalized spacial score (nSPS) is 13.5. The van der Waals surface area contributed by atoms with E-state index >= 15 is 0 Å². The molecule has 3 aromatic rings. The Morgan fingerprint density at radius 3 is 2.45 bits per heavy atom. The van der Waals surface area contributed by atoms with Gasteiger partial charge in [-0.05, 0) is 12.1 Å². The van der Waals surface area contributed by atoms with Crippen LogP contribution in [-0.4, -0.2) is 26.9 Å². The van der Waals surface area contributed by atoms with Gasteiger partial charge < -0.3 is 0 Å². The van der Waals surface area contributed by atoms with Crippen molar-refractivity contribution in [1.82, 2.24) is 15.2 Å². The quantitative estimate of drug-likeness (QED) is 0.735. The third-order valence-electron chi connectivity index (χ3n) is 3.51. The number of ketones is 1. The summed E-state index contributed by atoms with van der Waals surface area (Å²) in [5.41, 5.74) is 1.74. The van der Waals surface area contributed by atoms with Crippen molar-refractivity contribution in [2.75, 3.05) is 4.90 Å². The molecule has 0 unspecified atom stereocenters. The van der Waals surface area contributed by atoms with Crippen LogP contribution in [0.5, 0.6) is 0 Å². The summed E-state index contributed by atoms with van der Waals surface area (Å²) in [5, 5.41) is 6.87. The van der Waals surface area contributed by atoms with E-state index in [-0.39, 0.29) is 5.95 Å². The molecule has 6 heteroatoms. The number of rotatable bonds is 2. The maximum atomic E-state index is 12.2. The molecule has 22 heavy (non-hydrogen) atoms. The van der Waals surface area contributed by atoms with Gasteiger partial charge in [-0.15, -0.1) is 5.10 Å². The van der Waals surface area contributed by atoms with Crippen LogP contribution in [0.4, 0.5) is 11.6 Å². The van der Waals surface area contributed by atoms with Gasteiger partial charge in [-0.3, -0.25) is 14.7 Å². The molecule has 0 saturated heterocycles. The van der Waals surface area contributed by atoms with Crippen molar-refractivity contribution in [2.45, 2.75) is 0 Å². The first kappa shape index (κ1) is 12.5. The van der Waals surface area contributed by atoms with Crippen LogP contribution < -0.4 is 4.90 Å². The standard InChI is InChI=1S/C16H10N4O2/c21-13-11-8-4-5-9-12(11)20(15(13)22)16-17-14(18-19-16)10-6-2-1-3-7-10/h1-9H,(H,17,18,19). The monoisotopic (exact) mass is 290 g/mol. The molecule has 2 aromatic carbocycles. The summed E-state index contributed by atoms with van der Waals surface area (Å²) in [6, 6.07) is 16.3. The van der Waals surface area contributed by atoms with Gasteiger partial charge in [0, 0.05) is 5.56 Å². The molecule has 0 saturated carbocycles. The lowest BCUT2D eigenvalue weighted by atomic mass is 10.1. The molecule has 0 fully saturated rings. The summed E-state index contributed by atoms with van der Waals surface area (Å²) in [5.74, 6) is -0.469. The summed E-state index contributed by atoms with van der Waals surface area (Å²) in [6.07, 6.45) is 0. The number of fused-ring (bicyclic) bond motifs is 1. The molecule has 106 valence electrons. The third-order valence-corrected chi connectivity index (χ3v) is 3.51. The summed E-state index contributed by atoms with van der Waals surface area (Å²) in [7, 11) is 0. The number of hydrogen-bond donors (Lipinski definition) is 1. The van der Waals surface area contributed by atoms with E-state index in [2.05, 4.69) is 15.2 Å². The number of aromatic nitrogens is 3. The smallest absolute Gasteiger partial charge is 0.283 e. The Balaban J connectivity index is 1.79. The minimum atomic E-state index is -0.639. The van der Waals surface area contributed by atoms with Gasteiger partial charge in [0.1, 0.15) is 0 Å². The largest absolute Gasteiger partial charge is 0.306 e. The number of nitrogens with one attached hydrogen (secondary N) is 1. The van der Waals surface area contributed by atoms with Crippen molar-refractivity contribution in [1.29, 1.82) is 0 Å². The highest BCUT2D eigenvalue weighted by atomic mass is 16.2. The SMILES string of the molecule is O=C1C(=O)N(c2n[nH]c(-c3ccccc3)n2)c2ccccc21. The average molecular weight is 290 g/mol. The van der Waals surface area contributed by atoms with Crippen molar-refractivity contribution in [2.24, 2.45) is 0 Å². The molecule has 6 nitrogen and oxygen atoms in total. The summed E-state index contributed by atoms with van der Waals surface area (Å²) in [6.45, 7) is 0. The van der Waals surface area contributed by atoms with Gasteiger partial charge in [0.25, 0.3) is 11.7 Å². The van der Waals surface area contributed by atoms with E-state index in [0.29, 0.717) is 17.1 Å². The molecule has 1 amide bonds. The molecular formula is C16H10N4O2. The van der Waals surface area contributed by atoms with Gasteiger partial charge in [0.05, 0.1) is 11.3 Å². The van der Waals surface area contributed by atoms with Crippen molar-refractivity contribution in [3.8, 4) is 11.4 Å². The second-order valence-corrected chi connectivity index (χ2v) is 4.84. The van der Waals surface area contributed by atoms with Gasteiger partial charge in [-0.2, -0.15) is 4.98 Å². The van der Waals surface area contributed by atoms with Crippen LogP contribution in [0, 0.1) is 0 Å². The van der Waals surface area contributed by atoms with Gasteiger partial charge >= 0.3 is 5.91 Å². The lowest BCUT2D eigenvalue weighted by molar-refractivity contribution is -0.113. The fraction of sp³-hybridized carbons (Fsp3) is 0. The molecule has 1 aliphatic heterocycles. The summed E-state index contributed by atoms with van der Waals surface area (Å²) >= 11 is 0. The zero-order valence-electron chi connectivity index (χ0n) is 11.4. The van der Waals surface area contributed by atoms with Crippen LogP contribution in [0.1, 0.15) is 10.4 Å². The minimum absolute atomic E-state index is 0.169. The van der Waals surface area contributed by atoms with Crippen LogP contribution in [-0.2, 0) is 4.79 Å². The lowest BCUT2D eigenvalue weighted by Crippen LogP contribution is -2.25. The fourth-order valence-corrected chi connectivity index (χ4v) is 2.46. The summed E-state index contributed by atoms with van der Waals surface area (Å²) in [4.78, 5) is 29.8. The van der Waals surface area contributed by atoms with Crippen molar-refractivity contribution < 1.29 is 9.59 Å². The number of para-hydroxylation sites is 1. The van der Waals surface area contributed by atoms with E-state index in [1.807, 2.05) is 30.3 Å². The maximum Gasteiger partial charge on any atom is 0.306 e. The number of Topliss-reactive ketones (excluding diaryl/α,β-unsaturated/α-hetero) is 1. The maximum absolute atomic E-state index is 12.2. The van der Waals surface area contributed by atoms with Crippen LogP contribution in [0.3, 0.4) is 0 Å². The number of amides is 1. The predicted molar refractivity (Wildman–Crippen MR) is 79.7 cm³/mol. The molecule has 2 heterocycles. The zero-order valence-corrected chi connectivity index (χ0v) is 11.4. The molecule has 4 rings (SSSR count). The molecule has 0 aliphatic carbocycles. The molecule has 0 spiro atoms. The molecule has 1 N–H and O–H groups in total. The second kappa shape index (κ2) is 4.63. The van der Waals surface area contributed by atoms with Crippen LogP contribution in [0.15, 0.2) is 54.6 Å². The highest BCUT2D eigenvalue weighted by molar-refractivity contribution is 6.53. The van der Waals surface area contributed by atoms with E-state index in [9.17, 15) is 9.59 Å². The Labute approximate surface area is 125 Å². The molecule has 0 radical (unpaired) electrons. The number of hydrogen-bond acceptors (Lipinski definition) is 4. The van der Waals surface area contributed by atoms with Crippen molar-refractivity contribution in [3.05, 3.63) is 60.2 Å². The van der Waals surface area contributed by atoms with E-state index in [1.165, 1.54) is 4.90 Å². The fourth-order valence-electron chi connectivity index (χ4n) is 2.46. The highest BCUT2D eigenvalue weighted by Crippen LogP contribution is 2.33. The Morgan fingerprint density at radius 1 is 0.909 bits per heavy atom. The molecule has 1 aromatic heterocycles. The zero-order chi connectivity index (χ0) is 15.1. The van der Waals surface area contributed by atoms with Gasteiger partial charge in [-0.25, -0.2) is 4.90 Å². The number of H-pyrrole nitrogens is 1. The number of carbonyl (C=O) groups excluding carboxylic acids is 2. The van der Waals surface area contributed by atoms with E-state index in [1.54, 1.807) is 24.3 Å². The first-order chi connectivity index (χ1) is 10.8. The number of anilines is 2. The topological polar surface area (TPSA) is 79.0 Å². The molecule has 0 atom stereocenters. The summed E-state index contributed by atoms with van der Waals surface area (Å²) < 4.78 is 0. The van der Waals surface area contributed by atoms with Crippen LogP contribution >= 0.6 is 0 Å². The van der Waals surface area contributed by atoms with Crippen LogP contribution in [0.2, 0.25) is 0 Å². The van der Waals surface area contributed by atoms with Gasteiger partial charge in [0.15, 0.2) is 5.82 Å². The second-order valence-electron chi connectivity index (χ2n) is 4.84. The molecule has 1 aliphatic rings. The Bertz CT molecular complexity index is 886. The molecular weight excluding hydrogens is 280 g/mol. The first-order valence-electron chi connectivity index (χ1n) is 6.71. The van der Waals surface area contributed by atoms with Crippen molar-refractivity contribution >= 4 is 23.3 Å². The van der Waals surface area contributed by atoms with Crippen molar-refractivity contribution in [3.63, 3.8) is 0 Å². The number of carbonyl (C=O) groups is 2. The van der Waals surface area contributed by atoms with E-state index in [4.69, 9.17) is 0 Å². The number of benzene rings is 2. The lowest BCUT2D eigenvalue weighted by Gasteiger charge is -2.10.